The Labute approximate surface area is 76.5 Å². The van der Waals surface area contributed by atoms with Crippen molar-refractivity contribution in [2.75, 3.05) is 6.61 Å². The SMILES string of the molecule is CC(C)(C)C(C)(C)C1CCCO1. The minimum Gasteiger partial charge on any atom is -0.378 e. The van der Waals surface area contributed by atoms with Gasteiger partial charge in [0.2, 0.25) is 0 Å². The molecule has 0 radical (unpaired) electrons. The van der Waals surface area contributed by atoms with Gasteiger partial charge in [0.25, 0.3) is 0 Å². The zero-order valence-electron chi connectivity index (χ0n) is 9.11. The highest BCUT2D eigenvalue weighted by Gasteiger charge is 2.41. The van der Waals surface area contributed by atoms with Gasteiger partial charge >= 0.3 is 0 Å². The summed E-state index contributed by atoms with van der Waals surface area (Å²) in [7, 11) is 0. The molecule has 1 saturated heterocycles. The molecular weight excluding hydrogens is 148 g/mol. The lowest BCUT2D eigenvalue weighted by atomic mass is 9.65. The molecule has 72 valence electrons. The maximum Gasteiger partial charge on any atom is 0.0631 e. The van der Waals surface area contributed by atoms with Gasteiger partial charge in [-0.3, -0.25) is 0 Å². The van der Waals surface area contributed by atoms with Gasteiger partial charge < -0.3 is 4.74 Å². The van der Waals surface area contributed by atoms with Crippen LogP contribution < -0.4 is 0 Å². The largest absolute Gasteiger partial charge is 0.378 e. The Morgan fingerprint density at radius 2 is 1.67 bits per heavy atom. The number of hydrogen-bond acceptors (Lipinski definition) is 1. The summed E-state index contributed by atoms with van der Waals surface area (Å²) in [6.45, 7) is 12.5. The standard InChI is InChI=1S/C11H22O/c1-10(2,3)11(4,5)9-7-6-8-12-9/h9H,6-8H2,1-5H3. The van der Waals surface area contributed by atoms with Gasteiger partial charge in [-0.25, -0.2) is 0 Å². The van der Waals surface area contributed by atoms with E-state index in [1.165, 1.54) is 12.8 Å². The van der Waals surface area contributed by atoms with Crippen molar-refractivity contribution in [2.24, 2.45) is 10.8 Å². The average Bonchev–Trinajstić information content (AvgIpc) is 2.34. The molecule has 1 unspecified atom stereocenters. The molecule has 0 aromatic carbocycles. The summed E-state index contributed by atoms with van der Waals surface area (Å²) < 4.78 is 5.74. The Hall–Kier alpha value is -0.0400. The molecule has 12 heavy (non-hydrogen) atoms. The molecule has 0 spiro atoms. The Bertz CT molecular complexity index is 147. The van der Waals surface area contributed by atoms with Crippen LogP contribution in [0.1, 0.15) is 47.5 Å². The van der Waals surface area contributed by atoms with Crippen molar-refractivity contribution >= 4 is 0 Å². The van der Waals surface area contributed by atoms with Crippen molar-refractivity contribution in [3.8, 4) is 0 Å². The summed E-state index contributed by atoms with van der Waals surface area (Å²) in [6.07, 6.45) is 2.95. The van der Waals surface area contributed by atoms with Crippen LogP contribution in [0.2, 0.25) is 0 Å². The van der Waals surface area contributed by atoms with Crippen molar-refractivity contribution in [1.82, 2.24) is 0 Å². The highest BCUT2D eigenvalue weighted by atomic mass is 16.5. The lowest BCUT2D eigenvalue weighted by molar-refractivity contribution is -0.0431. The molecule has 1 aliphatic heterocycles. The normalized spacial score (nSPS) is 26.2. The van der Waals surface area contributed by atoms with Crippen molar-refractivity contribution in [1.29, 1.82) is 0 Å². The van der Waals surface area contributed by atoms with Crippen LogP contribution in [-0.2, 0) is 4.74 Å². The third kappa shape index (κ3) is 1.66. The topological polar surface area (TPSA) is 9.23 Å². The lowest BCUT2D eigenvalue weighted by Gasteiger charge is -2.43. The van der Waals surface area contributed by atoms with Crippen molar-refractivity contribution in [3.05, 3.63) is 0 Å². The average molecular weight is 170 g/mol. The van der Waals surface area contributed by atoms with Crippen LogP contribution in [0, 0.1) is 10.8 Å². The quantitative estimate of drug-likeness (QED) is 0.587. The maximum atomic E-state index is 5.74. The molecule has 0 amide bonds. The van der Waals surface area contributed by atoms with Crippen molar-refractivity contribution in [3.63, 3.8) is 0 Å². The van der Waals surface area contributed by atoms with Gasteiger partial charge in [0.1, 0.15) is 0 Å². The molecular formula is C11H22O. The fraction of sp³-hybridized carbons (Fsp3) is 1.00. The molecule has 1 rings (SSSR count). The smallest absolute Gasteiger partial charge is 0.0631 e. The summed E-state index contributed by atoms with van der Waals surface area (Å²) in [6, 6.07) is 0. The summed E-state index contributed by atoms with van der Waals surface area (Å²) >= 11 is 0. The first-order valence-electron chi connectivity index (χ1n) is 4.97. The Balaban J connectivity index is 2.69. The molecule has 1 aliphatic rings. The van der Waals surface area contributed by atoms with E-state index in [0.717, 1.165) is 6.61 Å². The third-order valence-corrected chi connectivity index (χ3v) is 3.67. The number of rotatable bonds is 1. The van der Waals surface area contributed by atoms with E-state index >= 15 is 0 Å². The van der Waals surface area contributed by atoms with Crippen LogP contribution in [0.4, 0.5) is 0 Å². The fourth-order valence-corrected chi connectivity index (χ4v) is 1.63. The molecule has 0 aliphatic carbocycles. The fourth-order valence-electron chi connectivity index (χ4n) is 1.63. The van der Waals surface area contributed by atoms with Crippen LogP contribution in [0.3, 0.4) is 0 Å². The number of hydrogen-bond donors (Lipinski definition) is 0. The van der Waals surface area contributed by atoms with Gasteiger partial charge in [0.05, 0.1) is 6.10 Å². The Kier molecular flexibility index (Phi) is 2.53. The van der Waals surface area contributed by atoms with E-state index in [4.69, 9.17) is 4.74 Å². The minimum absolute atomic E-state index is 0.295. The van der Waals surface area contributed by atoms with Gasteiger partial charge in [0.15, 0.2) is 0 Å². The number of ether oxygens (including phenoxy) is 1. The summed E-state index contributed by atoms with van der Waals surface area (Å²) in [5.41, 5.74) is 0.630. The highest BCUT2D eigenvalue weighted by molar-refractivity contribution is 4.91. The molecule has 1 heteroatoms. The second kappa shape index (κ2) is 3.02. The summed E-state index contributed by atoms with van der Waals surface area (Å²) in [4.78, 5) is 0. The van der Waals surface area contributed by atoms with Gasteiger partial charge in [0, 0.05) is 6.61 Å². The first-order chi connectivity index (χ1) is 5.36. The Morgan fingerprint density at radius 3 is 2.00 bits per heavy atom. The third-order valence-electron chi connectivity index (χ3n) is 3.67. The van der Waals surface area contributed by atoms with E-state index < -0.39 is 0 Å². The van der Waals surface area contributed by atoms with Gasteiger partial charge in [-0.1, -0.05) is 34.6 Å². The second-order valence-electron chi connectivity index (χ2n) is 5.47. The Morgan fingerprint density at radius 1 is 1.08 bits per heavy atom. The van der Waals surface area contributed by atoms with E-state index in [1.807, 2.05) is 0 Å². The maximum absolute atomic E-state index is 5.74. The molecule has 0 bridgehead atoms. The van der Waals surface area contributed by atoms with Crippen LogP contribution in [0.15, 0.2) is 0 Å². The van der Waals surface area contributed by atoms with E-state index in [0.29, 0.717) is 16.9 Å². The minimum atomic E-state index is 0.295. The van der Waals surface area contributed by atoms with Crippen LogP contribution in [-0.4, -0.2) is 12.7 Å². The molecule has 0 aromatic rings. The van der Waals surface area contributed by atoms with Crippen LogP contribution in [0.5, 0.6) is 0 Å². The zero-order valence-corrected chi connectivity index (χ0v) is 9.11. The molecule has 1 fully saturated rings. The monoisotopic (exact) mass is 170 g/mol. The second-order valence-corrected chi connectivity index (χ2v) is 5.47. The van der Waals surface area contributed by atoms with Gasteiger partial charge in [-0.2, -0.15) is 0 Å². The first-order valence-corrected chi connectivity index (χ1v) is 4.97. The lowest BCUT2D eigenvalue weighted by Crippen LogP contribution is -2.40. The van der Waals surface area contributed by atoms with Crippen molar-refractivity contribution < 1.29 is 4.74 Å². The van der Waals surface area contributed by atoms with E-state index in [2.05, 4.69) is 34.6 Å². The van der Waals surface area contributed by atoms with Crippen LogP contribution in [0.25, 0.3) is 0 Å². The van der Waals surface area contributed by atoms with Crippen molar-refractivity contribution in [2.45, 2.75) is 53.6 Å². The van der Waals surface area contributed by atoms with E-state index in [-0.39, 0.29) is 0 Å². The summed E-state index contributed by atoms with van der Waals surface area (Å²) in [5.74, 6) is 0. The molecule has 0 saturated carbocycles. The molecule has 0 N–H and O–H groups in total. The van der Waals surface area contributed by atoms with E-state index in [9.17, 15) is 0 Å². The molecule has 1 heterocycles. The van der Waals surface area contributed by atoms with Gasteiger partial charge in [-0.05, 0) is 23.7 Å². The zero-order chi connectivity index (χ0) is 9.41. The summed E-state index contributed by atoms with van der Waals surface area (Å²) in [5, 5.41) is 0. The molecule has 0 aromatic heterocycles. The highest BCUT2D eigenvalue weighted by Crippen LogP contribution is 2.44. The predicted molar refractivity (Wildman–Crippen MR) is 52.2 cm³/mol. The van der Waals surface area contributed by atoms with Crippen LogP contribution >= 0.6 is 0 Å². The van der Waals surface area contributed by atoms with Gasteiger partial charge in [-0.15, -0.1) is 0 Å². The molecule has 1 atom stereocenters. The molecule has 1 nitrogen and oxygen atoms in total. The first kappa shape index (κ1) is 10.0. The predicted octanol–water partition coefficient (Wildman–Crippen LogP) is 3.24. The van der Waals surface area contributed by atoms with E-state index in [1.54, 1.807) is 0 Å².